The summed E-state index contributed by atoms with van der Waals surface area (Å²) in [6, 6.07) is 1.00. The molecule has 0 radical (unpaired) electrons. The van der Waals surface area contributed by atoms with Gasteiger partial charge >= 0.3 is 0 Å². The molecule has 0 saturated carbocycles. The van der Waals surface area contributed by atoms with Crippen LogP contribution in [0.1, 0.15) is 11.9 Å². The lowest BCUT2D eigenvalue weighted by molar-refractivity contribution is -0.0450. The maximum absolute atomic E-state index is 12.7. The highest BCUT2D eigenvalue weighted by molar-refractivity contribution is 6.30. The second-order valence-electron chi connectivity index (χ2n) is 1.87. The van der Waals surface area contributed by atoms with E-state index in [1.807, 2.05) is 0 Å². The lowest BCUT2D eigenvalue weighted by Gasteiger charge is -2.05. The number of hydrogen-bond acceptors (Lipinski definition) is 3. The van der Waals surface area contributed by atoms with Gasteiger partial charge in [-0.3, -0.25) is 0 Å². The van der Waals surface area contributed by atoms with Crippen molar-refractivity contribution in [3.05, 3.63) is 28.8 Å². The van der Waals surface area contributed by atoms with Gasteiger partial charge in [-0.25, -0.2) is 9.37 Å². The molecule has 0 fully saturated rings. The Bertz CT molecular complexity index is 247. The molecule has 0 atom stereocenters. The standard InChI is InChI=1S/C6H5ClFNO2/c7-5-4(6(10)11)3(8)1-2-9-5/h1-2,6,10-11H. The zero-order valence-corrected chi connectivity index (χ0v) is 6.09. The van der Waals surface area contributed by atoms with Crippen LogP contribution in [0.15, 0.2) is 12.3 Å². The van der Waals surface area contributed by atoms with Crippen molar-refractivity contribution in [1.29, 1.82) is 0 Å². The Balaban J connectivity index is 3.21. The predicted molar refractivity (Wildman–Crippen MR) is 36.4 cm³/mol. The van der Waals surface area contributed by atoms with Crippen molar-refractivity contribution in [1.82, 2.24) is 4.98 Å². The first-order chi connectivity index (χ1) is 5.13. The Morgan fingerprint density at radius 1 is 1.55 bits per heavy atom. The first-order valence-corrected chi connectivity index (χ1v) is 3.16. The van der Waals surface area contributed by atoms with Crippen LogP contribution in [0.4, 0.5) is 4.39 Å². The van der Waals surface area contributed by atoms with Crippen LogP contribution >= 0.6 is 11.6 Å². The van der Waals surface area contributed by atoms with Crippen molar-refractivity contribution >= 4 is 11.6 Å². The third kappa shape index (κ3) is 1.65. The summed E-state index contributed by atoms with van der Waals surface area (Å²) < 4.78 is 12.7. The summed E-state index contributed by atoms with van der Waals surface area (Å²) >= 11 is 5.35. The van der Waals surface area contributed by atoms with Gasteiger partial charge < -0.3 is 10.2 Å². The van der Waals surface area contributed by atoms with Crippen molar-refractivity contribution in [3.63, 3.8) is 0 Å². The second-order valence-corrected chi connectivity index (χ2v) is 2.23. The van der Waals surface area contributed by atoms with Gasteiger partial charge in [0.15, 0.2) is 6.29 Å². The van der Waals surface area contributed by atoms with E-state index < -0.39 is 17.7 Å². The van der Waals surface area contributed by atoms with Crippen molar-refractivity contribution in [2.75, 3.05) is 0 Å². The minimum atomic E-state index is -1.92. The Morgan fingerprint density at radius 2 is 2.18 bits per heavy atom. The molecule has 0 saturated heterocycles. The minimum Gasteiger partial charge on any atom is -0.364 e. The molecular weight excluding hydrogens is 173 g/mol. The van der Waals surface area contributed by atoms with Gasteiger partial charge in [-0.1, -0.05) is 11.6 Å². The molecule has 1 rings (SSSR count). The maximum Gasteiger partial charge on any atom is 0.184 e. The van der Waals surface area contributed by atoms with Crippen LogP contribution in [0.25, 0.3) is 0 Å². The van der Waals surface area contributed by atoms with Crippen LogP contribution in [0.3, 0.4) is 0 Å². The number of hydrogen-bond donors (Lipinski definition) is 2. The summed E-state index contributed by atoms with van der Waals surface area (Å²) in [7, 11) is 0. The van der Waals surface area contributed by atoms with E-state index in [1.54, 1.807) is 0 Å². The third-order valence-corrected chi connectivity index (χ3v) is 1.45. The lowest BCUT2D eigenvalue weighted by Crippen LogP contribution is -2.00. The predicted octanol–water partition coefficient (Wildman–Crippen LogP) is 0.857. The van der Waals surface area contributed by atoms with Gasteiger partial charge in [-0.15, -0.1) is 0 Å². The van der Waals surface area contributed by atoms with Crippen molar-refractivity contribution in [3.8, 4) is 0 Å². The van der Waals surface area contributed by atoms with Gasteiger partial charge in [-0.2, -0.15) is 0 Å². The van der Waals surface area contributed by atoms with Gasteiger partial charge in [0.2, 0.25) is 0 Å². The Hall–Kier alpha value is -0.710. The monoisotopic (exact) mass is 177 g/mol. The molecule has 0 bridgehead atoms. The van der Waals surface area contributed by atoms with Crippen molar-refractivity contribution < 1.29 is 14.6 Å². The van der Waals surface area contributed by atoms with E-state index in [0.29, 0.717) is 0 Å². The Kier molecular flexibility index (Phi) is 2.38. The minimum absolute atomic E-state index is 0.236. The van der Waals surface area contributed by atoms with Gasteiger partial charge in [0.25, 0.3) is 0 Å². The largest absolute Gasteiger partial charge is 0.364 e. The van der Waals surface area contributed by atoms with Crippen LogP contribution in [0, 0.1) is 5.82 Å². The van der Waals surface area contributed by atoms with E-state index in [9.17, 15) is 4.39 Å². The fourth-order valence-corrected chi connectivity index (χ4v) is 0.900. The SMILES string of the molecule is OC(O)c1c(F)ccnc1Cl. The number of rotatable bonds is 1. The van der Waals surface area contributed by atoms with Crippen LogP contribution in [0.2, 0.25) is 5.15 Å². The average Bonchev–Trinajstić information content (AvgIpc) is 1.85. The zero-order valence-electron chi connectivity index (χ0n) is 5.33. The van der Waals surface area contributed by atoms with E-state index in [0.717, 1.165) is 12.3 Å². The summed E-state index contributed by atoms with van der Waals surface area (Å²) in [5.41, 5.74) is -0.394. The molecule has 1 aromatic rings. The molecule has 0 amide bonds. The molecule has 0 aliphatic heterocycles. The number of pyridine rings is 1. The Labute approximate surface area is 67.1 Å². The average molecular weight is 178 g/mol. The molecular formula is C6H5ClFNO2. The topological polar surface area (TPSA) is 53.4 Å². The number of aliphatic hydroxyl groups excluding tert-OH is 1. The molecule has 0 aliphatic rings. The first-order valence-electron chi connectivity index (χ1n) is 2.79. The smallest absolute Gasteiger partial charge is 0.184 e. The molecule has 2 N–H and O–H groups in total. The van der Waals surface area contributed by atoms with E-state index in [1.165, 1.54) is 0 Å². The number of halogens is 2. The summed E-state index contributed by atoms with van der Waals surface area (Å²) in [4.78, 5) is 3.47. The first kappa shape index (κ1) is 8.39. The summed E-state index contributed by atoms with van der Waals surface area (Å²) in [5.74, 6) is -0.778. The molecule has 0 unspecified atom stereocenters. The molecule has 60 valence electrons. The van der Waals surface area contributed by atoms with Gasteiger partial charge in [0.1, 0.15) is 11.0 Å². The fourth-order valence-electron chi connectivity index (χ4n) is 0.656. The van der Waals surface area contributed by atoms with E-state index in [-0.39, 0.29) is 5.15 Å². The highest BCUT2D eigenvalue weighted by Gasteiger charge is 2.13. The summed E-state index contributed by atoms with van der Waals surface area (Å²) in [6.07, 6.45) is -0.778. The lowest BCUT2D eigenvalue weighted by atomic mass is 10.2. The van der Waals surface area contributed by atoms with E-state index in [4.69, 9.17) is 21.8 Å². The van der Waals surface area contributed by atoms with Crippen molar-refractivity contribution in [2.24, 2.45) is 0 Å². The Morgan fingerprint density at radius 3 is 2.55 bits per heavy atom. The molecule has 0 aromatic carbocycles. The van der Waals surface area contributed by atoms with Gasteiger partial charge in [0.05, 0.1) is 5.56 Å². The van der Waals surface area contributed by atoms with E-state index >= 15 is 0 Å². The highest BCUT2D eigenvalue weighted by Crippen LogP contribution is 2.21. The number of aromatic nitrogens is 1. The third-order valence-electron chi connectivity index (χ3n) is 1.15. The van der Waals surface area contributed by atoms with Crippen LogP contribution in [-0.4, -0.2) is 15.2 Å². The van der Waals surface area contributed by atoms with Crippen LogP contribution < -0.4 is 0 Å². The van der Waals surface area contributed by atoms with Crippen molar-refractivity contribution in [2.45, 2.75) is 6.29 Å². The van der Waals surface area contributed by atoms with Crippen LogP contribution in [-0.2, 0) is 0 Å². The van der Waals surface area contributed by atoms with Crippen LogP contribution in [0.5, 0.6) is 0 Å². The number of nitrogens with zero attached hydrogens (tertiary/aromatic N) is 1. The molecule has 1 aromatic heterocycles. The molecule has 1 heterocycles. The van der Waals surface area contributed by atoms with E-state index in [2.05, 4.69) is 4.98 Å². The zero-order chi connectivity index (χ0) is 8.43. The summed E-state index contributed by atoms with van der Waals surface area (Å²) in [5, 5.41) is 16.9. The maximum atomic E-state index is 12.7. The molecule has 0 spiro atoms. The second kappa shape index (κ2) is 3.13. The molecule has 0 aliphatic carbocycles. The van der Waals surface area contributed by atoms with Gasteiger partial charge in [-0.05, 0) is 6.07 Å². The quantitative estimate of drug-likeness (QED) is 0.494. The molecule has 11 heavy (non-hydrogen) atoms. The summed E-state index contributed by atoms with van der Waals surface area (Å²) in [6.45, 7) is 0. The van der Waals surface area contributed by atoms with Gasteiger partial charge in [0, 0.05) is 6.20 Å². The highest BCUT2D eigenvalue weighted by atomic mass is 35.5. The number of aliphatic hydroxyl groups is 2. The molecule has 5 heteroatoms. The normalized spacial score (nSPS) is 10.6. The molecule has 3 nitrogen and oxygen atoms in total. The fraction of sp³-hybridized carbons (Fsp3) is 0.167.